The third kappa shape index (κ3) is 3.36. The Labute approximate surface area is 144 Å². The lowest BCUT2D eigenvalue weighted by atomic mass is 10.1. The molecule has 0 saturated carbocycles. The molecule has 1 aliphatic rings. The van der Waals surface area contributed by atoms with Gasteiger partial charge in [-0.3, -0.25) is 9.36 Å². The molecule has 3 aromatic rings. The van der Waals surface area contributed by atoms with Crippen molar-refractivity contribution in [3.8, 4) is 0 Å². The standard InChI is InChI=1S/C18H19N5O2/c24-16-13-19-15-12-20-18(22-8-10-25-11-9-22)21-17(15)23(16)7-6-14-4-2-1-3-5-14/h1-5,12-13H,6-11H2. The first-order chi connectivity index (χ1) is 12.3. The van der Waals surface area contributed by atoms with E-state index in [1.54, 1.807) is 10.8 Å². The Morgan fingerprint density at radius 1 is 1.04 bits per heavy atom. The summed E-state index contributed by atoms with van der Waals surface area (Å²) in [4.78, 5) is 27.6. The van der Waals surface area contributed by atoms with Gasteiger partial charge < -0.3 is 9.64 Å². The van der Waals surface area contributed by atoms with Gasteiger partial charge in [0.1, 0.15) is 5.52 Å². The minimum Gasteiger partial charge on any atom is -0.378 e. The Bertz CT molecular complexity index is 920. The molecule has 3 heterocycles. The van der Waals surface area contributed by atoms with Gasteiger partial charge in [-0.2, -0.15) is 4.98 Å². The lowest BCUT2D eigenvalue weighted by Crippen LogP contribution is -2.37. The SMILES string of the molecule is O=c1cnc2cnc(N3CCOCC3)nc2n1CCc1ccccc1. The van der Waals surface area contributed by atoms with Crippen molar-refractivity contribution in [1.82, 2.24) is 19.5 Å². The van der Waals surface area contributed by atoms with E-state index in [1.165, 1.54) is 11.8 Å². The summed E-state index contributed by atoms with van der Waals surface area (Å²) < 4.78 is 7.06. The molecule has 0 aliphatic carbocycles. The van der Waals surface area contributed by atoms with Crippen LogP contribution in [0.3, 0.4) is 0 Å². The summed E-state index contributed by atoms with van der Waals surface area (Å²) in [5, 5.41) is 0. The second kappa shape index (κ2) is 6.98. The zero-order chi connectivity index (χ0) is 17.1. The van der Waals surface area contributed by atoms with Crippen molar-refractivity contribution in [3.63, 3.8) is 0 Å². The topological polar surface area (TPSA) is 73.1 Å². The van der Waals surface area contributed by atoms with Gasteiger partial charge in [0.15, 0.2) is 5.65 Å². The van der Waals surface area contributed by atoms with E-state index in [9.17, 15) is 4.79 Å². The molecule has 1 aliphatic heterocycles. The molecule has 7 nitrogen and oxygen atoms in total. The van der Waals surface area contributed by atoms with E-state index in [1.807, 2.05) is 18.2 Å². The van der Waals surface area contributed by atoms with E-state index in [2.05, 4.69) is 32.0 Å². The van der Waals surface area contributed by atoms with E-state index in [0.717, 1.165) is 19.5 Å². The first kappa shape index (κ1) is 15.7. The largest absolute Gasteiger partial charge is 0.378 e. The van der Waals surface area contributed by atoms with Crippen LogP contribution in [0, 0.1) is 0 Å². The highest BCUT2D eigenvalue weighted by Gasteiger charge is 2.16. The monoisotopic (exact) mass is 337 g/mol. The number of morpholine rings is 1. The molecule has 4 rings (SSSR count). The van der Waals surface area contributed by atoms with Crippen molar-refractivity contribution >= 4 is 17.1 Å². The molecule has 0 atom stereocenters. The van der Waals surface area contributed by atoms with E-state index < -0.39 is 0 Å². The van der Waals surface area contributed by atoms with Crippen LogP contribution in [0.1, 0.15) is 5.56 Å². The van der Waals surface area contributed by atoms with Crippen molar-refractivity contribution in [3.05, 3.63) is 58.6 Å². The normalized spacial score (nSPS) is 14.8. The highest BCUT2D eigenvalue weighted by molar-refractivity contribution is 5.70. The molecule has 0 bridgehead atoms. The number of hydrogen-bond acceptors (Lipinski definition) is 6. The maximum Gasteiger partial charge on any atom is 0.270 e. The van der Waals surface area contributed by atoms with Crippen LogP contribution in [0.15, 0.2) is 47.5 Å². The predicted molar refractivity (Wildman–Crippen MR) is 94.8 cm³/mol. The molecular weight excluding hydrogens is 318 g/mol. The van der Waals surface area contributed by atoms with Gasteiger partial charge in [0.2, 0.25) is 5.95 Å². The number of benzene rings is 1. The van der Waals surface area contributed by atoms with Crippen molar-refractivity contribution in [1.29, 1.82) is 0 Å². The van der Waals surface area contributed by atoms with Crippen LogP contribution in [0.5, 0.6) is 0 Å². The van der Waals surface area contributed by atoms with Gasteiger partial charge in [-0.1, -0.05) is 30.3 Å². The maximum atomic E-state index is 12.3. The highest BCUT2D eigenvalue weighted by Crippen LogP contribution is 2.14. The van der Waals surface area contributed by atoms with E-state index in [0.29, 0.717) is 36.9 Å². The van der Waals surface area contributed by atoms with E-state index >= 15 is 0 Å². The van der Waals surface area contributed by atoms with Gasteiger partial charge in [-0.25, -0.2) is 9.97 Å². The van der Waals surface area contributed by atoms with E-state index in [4.69, 9.17) is 4.74 Å². The Balaban J connectivity index is 1.68. The molecule has 0 spiro atoms. The summed E-state index contributed by atoms with van der Waals surface area (Å²) in [7, 11) is 0. The van der Waals surface area contributed by atoms with Crippen molar-refractivity contribution < 1.29 is 4.74 Å². The fraction of sp³-hybridized carbons (Fsp3) is 0.333. The zero-order valence-corrected chi connectivity index (χ0v) is 13.8. The van der Waals surface area contributed by atoms with Gasteiger partial charge in [0.05, 0.1) is 25.6 Å². The first-order valence-electron chi connectivity index (χ1n) is 8.40. The summed E-state index contributed by atoms with van der Waals surface area (Å²) in [5.74, 6) is 0.622. The lowest BCUT2D eigenvalue weighted by Gasteiger charge is -2.26. The van der Waals surface area contributed by atoms with Crippen molar-refractivity contribution in [2.24, 2.45) is 0 Å². The Morgan fingerprint density at radius 3 is 2.64 bits per heavy atom. The number of fused-ring (bicyclic) bond motifs is 1. The number of aryl methyl sites for hydroxylation is 2. The molecule has 1 saturated heterocycles. The van der Waals surface area contributed by atoms with Gasteiger partial charge in [-0.15, -0.1) is 0 Å². The second-order valence-corrected chi connectivity index (χ2v) is 5.96. The minimum absolute atomic E-state index is 0.143. The Kier molecular flexibility index (Phi) is 4.39. The number of aromatic nitrogens is 4. The van der Waals surface area contributed by atoms with Crippen LogP contribution in [-0.2, 0) is 17.7 Å². The Hall–Kier alpha value is -2.80. The number of ether oxygens (including phenoxy) is 1. The first-order valence-corrected chi connectivity index (χ1v) is 8.40. The molecule has 2 aromatic heterocycles. The molecule has 128 valence electrons. The second-order valence-electron chi connectivity index (χ2n) is 5.96. The summed E-state index contributed by atoms with van der Waals surface area (Å²) in [6.07, 6.45) is 3.79. The fourth-order valence-electron chi connectivity index (χ4n) is 2.96. The van der Waals surface area contributed by atoms with Gasteiger partial charge in [0.25, 0.3) is 5.56 Å². The average Bonchev–Trinajstić information content (AvgIpc) is 2.68. The fourth-order valence-corrected chi connectivity index (χ4v) is 2.96. The minimum atomic E-state index is -0.143. The molecule has 25 heavy (non-hydrogen) atoms. The number of hydrogen-bond donors (Lipinski definition) is 0. The third-order valence-corrected chi connectivity index (χ3v) is 4.33. The van der Waals surface area contributed by atoms with Crippen LogP contribution < -0.4 is 10.5 Å². The van der Waals surface area contributed by atoms with Gasteiger partial charge in [-0.05, 0) is 12.0 Å². The van der Waals surface area contributed by atoms with E-state index in [-0.39, 0.29) is 5.56 Å². The molecule has 0 amide bonds. The summed E-state index contributed by atoms with van der Waals surface area (Å²) in [5.41, 5.74) is 2.25. The third-order valence-electron chi connectivity index (χ3n) is 4.33. The molecule has 0 unspecified atom stereocenters. The van der Waals surface area contributed by atoms with Crippen LogP contribution >= 0.6 is 0 Å². The van der Waals surface area contributed by atoms with Crippen LogP contribution in [0.4, 0.5) is 5.95 Å². The molecular formula is C18H19N5O2. The lowest BCUT2D eigenvalue weighted by molar-refractivity contribution is 0.122. The molecule has 7 heteroatoms. The van der Waals surface area contributed by atoms with Gasteiger partial charge >= 0.3 is 0 Å². The molecule has 0 N–H and O–H groups in total. The molecule has 1 fully saturated rings. The van der Waals surface area contributed by atoms with Crippen molar-refractivity contribution in [2.45, 2.75) is 13.0 Å². The predicted octanol–water partition coefficient (Wildman–Crippen LogP) is 1.27. The van der Waals surface area contributed by atoms with Crippen LogP contribution in [0.2, 0.25) is 0 Å². The highest BCUT2D eigenvalue weighted by atomic mass is 16.5. The van der Waals surface area contributed by atoms with Gasteiger partial charge in [0, 0.05) is 19.6 Å². The zero-order valence-electron chi connectivity index (χ0n) is 13.8. The van der Waals surface area contributed by atoms with Crippen molar-refractivity contribution in [2.75, 3.05) is 31.2 Å². The average molecular weight is 337 g/mol. The number of anilines is 1. The number of nitrogens with zero attached hydrogens (tertiary/aromatic N) is 5. The summed E-state index contributed by atoms with van der Waals surface area (Å²) in [6.45, 7) is 3.38. The van der Waals surface area contributed by atoms with Crippen LogP contribution in [-0.4, -0.2) is 45.8 Å². The molecule has 1 aromatic carbocycles. The summed E-state index contributed by atoms with van der Waals surface area (Å²) >= 11 is 0. The summed E-state index contributed by atoms with van der Waals surface area (Å²) in [6, 6.07) is 10.1. The Morgan fingerprint density at radius 2 is 1.84 bits per heavy atom. The quantitative estimate of drug-likeness (QED) is 0.714. The molecule has 0 radical (unpaired) electrons. The number of rotatable bonds is 4. The van der Waals surface area contributed by atoms with Crippen LogP contribution in [0.25, 0.3) is 11.2 Å². The maximum absolute atomic E-state index is 12.3. The smallest absolute Gasteiger partial charge is 0.270 e.